The third kappa shape index (κ3) is 5.10. The summed E-state index contributed by atoms with van der Waals surface area (Å²) < 4.78 is 1.92. The molecular formula is C12H22N4OS. The molecule has 1 atom stereocenters. The molecule has 1 aromatic rings. The van der Waals surface area contributed by atoms with E-state index in [9.17, 15) is 4.79 Å². The van der Waals surface area contributed by atoms with Crippen LogP contribution in [0.2, 0.25) is 0 Å². The van der Waals surface area contributed by atoms with E-state index in [1.165, 1.54) is 11.8 Å². The Hall–Kier alpha value is -1.01. The number of aromatic nitrogens is 2. The highest BCUT2D eigenvalue weighted by Gasteiger charge is 2.15. The highest BCUT2D eigenvalue weighted by atomic mass is 32.2. The average molecular weight is 270 g/mol. The first-order valence-electron chi connectivity index (χ1n) is 6.07. The quantitative estimate of drug-likeness (QED) is 0.592. The Morgan fingerprint density at radius 1 is 1.61 bits per heavy atom. The van der Waals surface area contributed by atoms with Crippen molar-refractivity contribution in [3.63, 3.8) is 0 Å². The van der Waals surface area contributed by atoms with Crippen molar-refractivity contribution in [3.8, 4) is 0 Å². The van der Waals surface area contributed by atoms with E-state index in [4.69, 9.17) is 0 Å². The molecule has 1 N–H and O–H groups in total. The first kappa shape index (κ1) is 15.0. The van der Waals surface area contributed by atoms with Crippen molar-refractivity contribution in [2.24, 2.45) is 7.05 Å². The number of nitrogens with zero attached hydrogens (tertiary/aromatic N) is 3. The molecule has 0 bridgehead atoms. The molecule has 102 valence electrons. The maximum atomic E-state index is 11.8. The number of carbonyl (C=O) groups excluding carboxylic acids is 1. The van der Waals surface area contributed by atoms with Gasteiger partial charge in [-0.15, -0.1) is 0 Å². The van der Waals surface area contributed by atoms with Gasteiger partial charge in [0.05, 0.1) is 5.25 Å². The zero-order valence-electron chi connectivity index (χ0n) is 11.5. The molecule has 0 aromatic carbocycles. The number of aryl methyl sites for hydroxylation is 1. The molecule has 5 nitrogen and oxygen atoms in total. The first-order valence-corrected chi connectivity index (χ1v) is 6.95. The maximum absolute atomic E-state index is 11.8. The molecule has 1 rings (SSSR count). The van der Waals surface area contributed by atoms with Crippen molar-refractivity contribution in [1.29, 1.82) is 0 Å². The Kier molecular flexibility index (Phi) is 6.21. The number of hydrogen-bond donors (Lipinski definition) is 1. The third-order valence-electron chi connectivity index (χ3n) is 2.51. The van der Waals surface area contributed by atoms with Crippen LogP contribution in [-0.4, -0.2) is 52.8 Å². The summed E-state index contributed by atoms with van der Waals surface area (Å²) in [5.41, 5.74) is 0. The molecule has 0 aliphatic heterocycles. The predicted octanol–water partition coefficient (Wildman–Crippen LogP) is 0.969. The second-order valence-corrected chi connectivity index (χ2v) is 5.84. The fourth-order valence-corrected chi connectivity index (χ4v) is 2.28. The lowest BCUT2D eigenvalue weighted by atomic mass is 10.3. The van der Waals surface area contributed by atoms with Crippen LogP contribution in [0.3, 0.4) is 0 Å². The van der Waals surface area contributed by atoms with Gasteiger partial charge in [0.15, 0.2) is 5.16 Å². The maximum Gasteiger partial charge on any atom is 0.233 e. The second-order valence-electron chi connectivity index (χ2n) is 4.53. The molecule has 0 spiro atoms. The Labute approximate surface area is 113 Å². The van der Waals surface area contributed by atoms with Crippen molar-refractivity contribution in [2.75, 3.05) is 27.2 Å². The molecule has 1 amide bonds. The lowest BCUT2D eigenvalue weighted by Gasteiger charge is -2.13. The van der Waals surface area contributed by atoms with Crippen LogP contribution in [0.5, 0.6) is 0 Å². The number of thioether (sulfide) groups is 1. The van der Waals surface area contributed by atoms with E-state index in [2.05, 4.69) is 15.2 Å². The SMILES string of the molecule is CC(Sc1nccn1C)C(=O)NCCCN(C)C. The minimum atomic E-state index is -0.120. The van der Waals surface area contributed by atoms with Gasteiger partial charge in [0.25, 0.3) is 0 Å². The normalized spacial score (nSPS) is 12.7. The predicted molar refractivity (Wildman–Crippen MR) is 74.7 cm³/mol. The van der Waals surface area contributed by atoms with Crippen LogP contribution in [-0.2, 0) is 11.8 Å². The van der Waals surface area contributed by atoms with E-state index in [0.717, 1.165) is 24.7 Å². The molecule has 0 aliphatic carbocycles. The molecule has 1 aromatic heterocycles. The van der Waals surface area contributed by atoms with Gasteiger partial charge >= 0.3 is 0 Å². The standard InChI is InChI=1S/C12H22N4OS/c1-10(18-12-14-7-9-16(12)4)11(17)13-6-5-8-15(2)3/h7,9-10H,5-6,8H2,1-4H3,(H,13,17). The van der Waals surface area contributed by atoms with Gasteiger partial charge in [-0.25, -0.2) is 4.98 Å². The van der Waals surface area contributed by atoms with Gasteiger partial charge in [-0.05, 0) is 34.0 Å². The second kappa shape index (κ2) is 7.43. The van der Waals surface area contributed by atoms with Crippen molar-refractivity contribution in [1.82, 2.24) is 19.8 Å². The summed E-state index contributed by atoms with van der Waals surface area (Å²) in [7, 11) is 5.99. The van der Waals surface area contributed by atoms with Crippen molar-refractivity contribution in [2.45, 2.75) is 23.8 Å². The smallest absolute Gasteiger partial charge is 0.233 e. The minimum absolute atomic E-state index is 0.0711. The van der Waals surface area contributed by atoms with Crippen molar-refractivity contribution in [3.05, 3.63) is 12.4 Å². The van der Waals surface area contributed by atoms with Crippen LogP contribution in [0.1, 0.15) is 13.3 Å². The molecule has 0 saturated heterocycles. The Balaban J connectivity index is 2.27. The zero-order chi connectivity index (χ0) is 13.5. The minimum Gasteiger partial charge on any atom is -0.355 e. The van der Waals surface area contributed by atoms with E-state index in [1.54, 1.807) is 6.20 Å². The largest absolute Gasteiger partial charge is 0.355 e. The summed E-state index contributed by atoms with van der Waals surface area (Å²) in [6, 6.07) is 0. The lowest BCUT2D eigenvalue weighted by Crippen LogP contribution is -2.33. The summed E-state index contributed by atoms with van der Waals surface area (Å²) in [6.07, 6.45) is 4.59. The number of hydrogen-bond acceptors (Lipinski definition) is 4. The summed E-state index contributed by atoms with van der Waals surface area (Å²) in [6.45, 7) is 3.62. The highest BCUT2D eigenvalue weighted by Crippen LogP contribution is 2.20. The molecule has 1 heterocycles. The zero-order valence-corrected chi connectivity index (χ0v) is 12.3. The van der Waals surface area contributed by atoms with Crippen LogP contribution < -0.4 is 5.32 Å². The van der Waals surface area contributed by atoms with Crippen LogP contribution in [0.25, 0.3) is 0 Å². The summed E-state index contributed by atoms with van der Waals surface area (Å²) in [5.74, 6) is 0.0711. The summed E-state index contributed by atoms with van der Waals surface area (Å²) >= 11 is 1.48. The molecule has 0 aliphatic rings. The van der Waals surface area contributed by atoms with Crippen molar-refractivity contribution < 1.29 is 4.79 Å². The van der Waals surface area contributed by atoms with Crippen LogP contribution in [0.15, 0.2) is 17.6 Å². The van der Waals surface area contributed by atoms with Gasteiger partial charge < -0.3 is 14.8 Å². The van der Waals surface area contributed by atoms with E-state index in [-0.39, 0.29) is 11.2 Å². The Morgan fingerprint density at radius 3 is 2.89 bits per heavy atom. The number of nitrogens with one attached hydrogen (secondary N) is 1. The van der Waals surface area contributed by atoms with Gasteiger partial charge in [0.2, 0.25) is 5.91 Å². The summed E-state index contributed by atoms with van der Waals surface area (Å²) in [4.78, 5) is 18.1. The fourth-order valence-electron chi connectivity index (χ4n) is 1.43. The van der Waals surface area contributed by atoms with Crippen LogP contribution in [0, 0.1) is 0 Å². The molecule has 1 unspecified atom stereocenters. The van der Waals surface area contributed by atoms with Gasteiger partial charge in [0, 0.05) is 26.0 Å². The molecular weight excluding hydrogens is 248 g/mol. The van der Waals surface area contributed by atoms with Gasteiger partial charge in [-0.1, -0.05) is 11.8 Å². The van der Waals surface area contributed by atoms with E-state index in [1.807, 2.05) is 38.8 Å². The monoisotopic (exact) mass is 270 g/mol. The van der Waals surface area contributed by atoms with Crippen molar-refractivity contribution >= 4 is 17.7 Å². The van der Waals surface area contributed by atoms with Gasteiger partial charge in [-0.2, -0.15) is 0 Å². The lowest BCUT2D eigenvalue weighted by molar-refractivity contribution is -0.120. The molecule has 0 saturated carbocycles. The van der Waals surface area contributed by atoms with E-state index < -0.39 is 0 Å². The molecule has 6 heteroatoms. The average Bonchev–Trinajstić information content (AvgIpc) is 2.70. The van der Waals surface area contributed by atoms with Crippen LogP contribution >= 0.6 is 11.8 Å². The summed E-state index contributed by atoms with van der Waals surface area (Å²) in [5, 5.41) is 3.69. The fraction of sp³-hybridized carbons (Fsp3) is 0.667. The van der Waals surface area contributed by atoms with E-state index in [0.29, 0.717) is 0 Å². The Morgan fingerprint density at radius 2 is 2.33 bits per heavy atom. The number of imidazole rings is 1. The van der Waals surface area contributed by atoms with Gasteiger partial charge in [0.1, 0.15) is 0 Å². The molecule has 0 fully saturated rings. The third-order valence-corrected chi connectivity index (χ3v) is 3.68. The Bertz CT molecular complexity index is 378. The molecule has 0 radical (unpaired) electrons. The highest BCUT2D eigenvalue weighted by molar-refractivity contribution is 8.00. The first-order chi connectivity index (χ1) is 8.50. The van der Waals surface area contributed by atoms with E-state index >= 15 is 0 Å². The molecule has 18 heavy (non-hydrogen) atoms. The topological polar surface area (TPSA) is 50.2 Å². The number of amides is 1. The van der Waals surface area contributed by atoms with Gasteiger partial charge in [-0.3, -0.25) is 4.79 Å². The number of rotatable bonds is 7. The van der Waals surface area contributed by atoms with Crippen LogP contribution in [0.4, 0.5) is 0 Å². The number of carbonyl (C=O) groups is 1.